The van der Waals surface area contributed by atoms with E-state index in [2.05, 4.69) is 26.2 Å². The number of pyridine rings is 1. The molecule has 1 aliphatic heterocycles. The van der Waals surface area contributed by atoms with Crippen molar-refractivity contribution in [3.8, 4) is 0 Å². The Balaban J connectivity index is 1.51. The second kappa shape index (κ2) is 8.12. The van der Waals surface area contributed by atoms with Gasteiger partial charge in [-0.05, 0) is 42.0 Å². The van der Waals surface area contributed by atoms with Crippen LogP contribution in [0, 0.1) is 0 Å². The van der Waals surface area contributed by atoms with Gasteiger partial charge in [0.25, 0.3) is 0 Å². The normalized spacial score (nSPS) is 15.3. The van der Waals surface area contributed by atoms with Crippen molar-refractivity contribution in [1.82, 2.24) is 14.8 Å². The maximum Gasteiger partial charge on any atom is 0.173 e. The zero-order valence-corrected chi connectivity index (χ0v) is 15.4. The van der Waals surface area contributed by atoms with E-state index in [0.717, 1.165) is 38.4 Å². The Morgan fingerprint density at radius 1 is 1.17 bits per heavy atom. The quantitative estimate of drug-likeness (QED) is 0.815. The Labute approximate surface area is 157 Å². The van der Waals surface area contributed by atoms with Gasteiger partial charge >= 0.3 is 0 Å². The van der Waals surface area contributed by atoms with E-state index in [1.54, 1.807) is 18.3 Å². The minimum Gasteiger partial charge on any atom is -0.346 e. The third-order valence-corrected chi connectivity index (χ3v) is 4.87. The van der Waals surface area contributed by atoms with Crippen LogP contribution in [-0.4, -0.2) is 46.1 Å². The van der Waals surface area contributed by atoms with E-state index in [9.17, 15) is 0 Å². The fraction of sp³-hybridized carbons (Fsp3) is 0.294. The molecule has 2 heterocycles. The molecule has 1 N–H and O–H groups in total. The Morgan fingerprint density at radius 3 is 2.62 bits per heavy atom. The van der Waals surface area contributed by atoms with Crippen LogP contribution in [0.25, 0.3) is 0 Å². The average Bonchev–Trinajstić information content (AvgIpc) is 2.59. The molecule has 4 nitrogen and oxygen atoms in total. The number of aromatic nitrogens is 1. The molecule has 0 saturated carbocycles. The third kappa shape index (κ3) is 4.57. The highest BCUT2D eigenvalue weighted by Gasteiger charge is 2.19. The Hall–Kier alpha value is -1.40. The van der Waals surface area contributed by atoms with E-state index in [1.165, 1.54) is 5.56 Å². The van der Waals surface area contributed by atoms with Gasteiger partial charge in [0.15, 0.2) is 5.11 Å². The summed E-state index contributed by atoms with van der Waals surface area (Å²) in [5, 5.41) is 5.09. The van der Waals surface area contributed by atoms with Crippen molar-refractivity contribution in [1.29, 1.82) is 0 Å². The van der Waals surface area contributed by atoms with Gasteiger partial charge in [0.1, 0.15) is 0 Å². The molecule has 0 atom stereocenters. The summed E-state index contributed by atoms with van der Waals surface area (Å²) >= 11 is 17.6. The zero-order chi connectivity index (χ0) is 16.9. The summed E-state index contributed by atoms with van der Waals surface area (Å²) in [6, 6.07) is 9.42. The van der Waals surface area contributed by atoms with Gasteiger partial charge in [-0.3, -0.25) is 9.88 Å². The van der Waals surface area contributed by atoms with E-state index < -0.39 is 0 Å². The number of piperazine rings is 1. The molecule has 0 aliphatic carbocycles. The van der Waals surface area contributed by atoms with Gasteiger partial charge in [-0.2, -0.15) is 0 Å². The molecule has 0 radical (unpaired) electrons. The summed E-state index contributed by atoms with van der Waals surface area (Å²) in [4.78, 5) is 8.74. The zero-order valence-electron chi connectivity index (χ0n) is 13.1. The SMILES string of the molecule is S=C(Nc1ccc(Cl)cc1Cl)N1CCN(Cc2cccnc2)CC1. The number of hydrogen-bond donors (Lipinski definition) is 1. The molecular weight excluding hydrogens is 363 g/mol. The second-order valence-electron chi connectivity index (χ2n) is 5.68. The lowest BCUT2D eigenvalue weighted by Crippen LogP contribution is -2.49. The summed E-state index contributed by atoms with van der Waals surface area (Å²) in [5.41, 5.74) is 2.02. The standard InChI is InChI=1S/C17H18Cl2N4S/c18-14-3-4-16(15(19)10-14)21-17(24)23-8-6-22(7-9-23)12-13-2-1-5-20-11-13/h1-5,10-11H,6-9,12H2,(H,21,24). The lowest BCUT2D eigenvalue weighted by Gasteiger charge is -2.36. The number of nitrogens with zero attached hydrogens (tertiary/aromatic N) is 3. The lowest BCUT2D eigenvalue weighted by atomic mass is 10.2. The van der Waals surface area contributed by atoms with Gasteiger partial charge in [0, 0.05) is 50.1 Å². The highest BCUT2D eigenvalue weighted by atomic mass is 35.5. The van der Waals surface area contributed by atoms with Crippen molar-refractivity contribution < 1.29 is 0 Å². The monoisotopic (exact) mass is 380 g/mol. The molecule has 3 rings (SSSR count). The highest BCUT2D eigenvalue weighted by molar-refractivity contribution is 7.80. The Bertz CT molecular complexity index is 703. The first-order valence-corrected chi connectivity index (χ1v) is 8.90. The van der Waals surface area contributed by atoms with Crippen molar-refractivity contribution in [3.63, 3.8) is 0 Å². The van der Waals surface area contributed by atoms with Crippen LogP contribution in [0.2, 0.25) is 10.0 Å². The second-order valence-corrected chi connectivity index (χ2v) is 6.91. The Kier molecular flexibility index (Phi) is 5.89. The van der Waals surface area contributed by atoms with Gasteiger partial charge in [0.05, 0.1) is 10.7 Å². The lowest BCUT2D eigenvalue weighted by molar-refractivity contribution is 0.177. The van der Waals surface area contributed by atoms with Crippen LogP contribution in [0.1, 0.15) is 5.56 Å². The van der Waals surface area contributed by atoms with Crippen molar-refractivity contribution >= 4 is 46.2 Å². The number of hydrogen-bond acceptors (Lipinski definition) is 3. The molecule has 1 saturated heterocycles. The van der Waals surface area contributed by atoms with E-state index in [1.807, 2.05) is 18.3 Å². The number of thiocarbonyl (C=S) groups is 1. The summed E-state index contributed by atoms with van der Waals surface area (Å²) in [5.74, 6) is 0. The van der Waals surface area contributed by atoms with Crippen LogP contribution in [-0.2, 0) is 6.54 Å². The predicted octanol–water partition coefficient (Wildman–Crippen LogP) is 3.90. The number of rotatable bonds is 3. The van der Waals surface area contributed by atoms with Crippen molar-refractivity contribution in [2.24, 2.45) is 0 Å². The first kappa shape index (κ1) is 17.4. The van der Waals surface area contributed by atoms with Crippen LogP contribution < -0.4 is 5.32 Å². The predicted molar refractivity (Wildman–Crippen MR) is 104 cm³/mol. The number of anilines is 1. The van der Waals surface area contributed by atoms with Gasteiger partial charge in [-0.1, -0.05) is 29.3 Å². The van der Waals surface area contributed by atoms with Crippen LogP contribution >= 0.6 is 35.4 Å². The maximum atomic E-state index is 6.19. The summed E-state index contributed by atoms with van der Waals surface area (Å²) in [7, 11) is 0. The van der Waals surface area contributed by atoms with Crippen LogP contribution in [0.5, 0.6) is 0 Å². The van der Waals surface area contributed by atoms with E-state index in [4.69, 9.17) is 35.4 Å². The number of nitrogens with one attached hydrogen (secondary N) is 1. The molecule has 1 fully saturated rings. The summed E-state index contributed by atoms with van der Waals surface area (Å²) in [6.45, 7) is 4.62. The molecule has 0 spiro atoms. The van der Waals surface area contributed by atoms with E-state index in [0.29, 0.717) is 15.2 Å². The molecule has 2 aromatic rings. The van der Waals surface area contributed by atoms with Crippen LogP contribution in [0.15, 0.2) is 42.7 Å². The molecule has 1 aliphatic rings. The Morgan fingerprint density at radius 2 is 1.96 bits per heavy atom. The summed E-state index contributed by atoms with van der Waals surface area (Å²) < 4.78 is 0. The molecule has 0 unspecified atom stereocenters. The van der Waals surface area contributed by atoms with Crippen molar-refractivity contribution in [2.75, 3.05) is 31.5 Å². The van der Waals surface area contributed by atoms with Gasteiger partial charge in [-0.15, -0.1) is 0 Å². The van der Waals surface area contributed by atoms with Crippen LogP contribution in [0.3, 0.4) is 0 Å². The number of halogens is 2. The molecule has 0 bridgehead atoms. The van der Waals surface area contributed by atoms with E-state index >= 15 is 0 Å². The first-order valence-electron chi connectivity index (χ1n) is 7.74. The largest absolute Gasteiger partial charge is 0.346 e. The fourth-order valence-corrected chi connectivity index (χ4v) is 3.39. The highest BCUT2D eigenvalue weighted by Crippen LogP contribution is 2.25. The van der Waals surface area contributed by atoms with Gasteiger partial charge < -0.3 is 10.2 Å². The molecule has 1 aromatic heterocycles. The first-order chi connectivity index (χ1) is 11.6. The van der Waals surface area contributed by atoms with Crippen LogP contribution in [0.4, 0.5) is 5.69 Å². The van der Waals surface area contributed by atoms with Crippen molar-refractivity contribution in [2.45, 2.75) is 6.54 Å². The fourth-order valence-electron chi connectivity index (χ4n) is 2.64. The minimum atomic E-state index is 0.570. The van der Waals surface area contributed by atoms with Gasteiger partial charge in [-0.25, -0.2) is 0 Å². The number of benzene rings is 1. The molecule has 1 aromatic carbocycles. The molecule has 7 heteroatoms. The minimum absolute atomic E-state index is 0.570. The topological polar surface area (TPSA) is 31.4 Å². The van der Waals surface area contributed by atoms with E-state index in [-0.39, 0.29) is 0 Å². The molecular formula is C17H18Cl2N4S. The smallest absolute Gasteiger partial charge is 0.173 e. The maximum absolute atomic E-state index is 6.19. The third-order valence-electron chi connectivity index (χ3n) is 3.96. The molecule has 24 heavy (non-hydrogen) atoms. The summed E-state index contributed by atoms with van der Waals surface area (Å²) in [6.07, 6.45) is 3.72. The average molecular weight is 381 g/mol. The molecule has 126 valence electrons. The van der Waals surface area contributed by atoms with Crippen molar-refractivity contribution in [3.05, 3.63) is 58.3 Å². The van der Waals surface area contributed by atoms with Gasteiger partial charge in [0.2, 0.25) is 0 Å². The molecule has 0 amide bonds.